The highest BCUT2D eigenvalue weighted by Crippen LogP contribution is 2.18. The molecule has 4 heteroatoms. The molecule has 4 nitrogen and oxygen atoms in total. The Balaban J connectivity index is 2.52. The van der Waals surface area contributed by atoms with Crippen molar-refractivity contribution >= 4 is 5.91 Å². The summed E-state index contributed by atoms with van der Waals surface area (Å²) in [6, 6.07) is 3.34. The highest BCUT2D eigenvalue weighted by Gasteiger charge is 2.17. The monoisotopic (exact) mass is 265 g/mol. The Hall–Kier alpha value is -1.55. The fourth-order valence-electron chi connectivity index (χ4n) is 1.78. The van der Waals surface area contributed by atoms with E-state index < -0.39 is 6.10 Å². The van der Waals surface area contributed by atoms with Crippen LogP contribution in [0.3, 0.4) is 0 Å². The SMILES string of the molecule is CC/C(C)=C(/C)C(=O)NC(C)CC(O)c1ccco1. The predicted molar refractivity (Wildman–Crippen MR) is 74.6 cm³/mol. The van der Waals surface area contributed by atoms with Crippen LogP contribution in [-0.2, 0) is 4.79 Å². The summed E-state index contributed by atoms with van der Waals surface area (Å²) < 4.78 is 5.13. The lowest BCUT2D eigenvalue weighted by atomic mass is 10.1. The van der Waals surface area contributed by atoms with Crippen molar-refractivity contribution < 1.29 is 14.3 Å². The first-order chi connectivity index (χ1) is 8.95. The topological polar surface area (TPSA) is 62.5 Å². The summed E-state index contributed by atoms with van der Waals surface area (Å²) in [4.78, 5) is 11.9. The lowest BCUT2D eigenvalue weighted by molar-refractivity contribution is -0.118. The summed E-state index contributed by atoms with van der Waals surface area (Å²) in [5.74, 6) is 0.455. The molecule has 0 aliphatic heterocycles. The zero-order chi connectivity index (χ0) is 14.4. The number of hydrogen-bond acceptors (Lipinski definition) is 3. The third kappa shape index (κ3) is 4.56. The van der Waals surface area contributed by atoms with E-state index in [1.165, 1.54) is 6.26 Å². The third-order valence-corrected chi connectivity index (χ3v) is 3.34. The Morgan fingerprint density at radius 1 is 1.47 bits per heavy atom. The van der Waals surface area contributed by atoms with Crippen LogP contribution < -0.4 is 5.32 Å². The van der Waals surface area contributed by atoms with Gasteiger partial charge in [0.1, 0.15) is 11.9 Å². The number of allylic oxidation sites excluding steroid dienone is 1. The van der Waals surface area contributed by atoms with Gasteiger partial charge in [-0.05, 0) is 39.3 Å². The third-order valence-electron chi connectivity index (χ3n) is 3.34. The van der Waals surface area contributed by atoms with E-state index in [9.17, 15) is 9.90 Å². The first kappa shape index (κ1) is 15.5. The maximum Gasteiger partial charge on any atom is 0.247 e. The molecule has 1 rings (SSSR count). The van der Waals surface area contributed by atoms with Crippen LogP contribution in [0.25, 0.3) is 0 Å². The summed E-state index contributed by atoms with van der Waals surface area (Å²) >= 11 is 0. The van der Waals surface area contributed by atoms with Crippen molar-refractivity contribution in [2.24, 2.45) is 0 Å². The van der Waals surface area contributed by atoms with Gasteiger partial charge in [-0.3, -0.25) is 4.79 Å². The molecular weight excluding hydrogens is 242 g/mol. The van der Waals surface area contributed by atoms with Crippen molar-refractivity contribution in [3.8, 4) is 0 Å². The van der Waals surface area contributed by atoms with Gasteiger partial charge in [-0.15, -0.1) is 0 Å². The quantitative estimate of drug-likeness (QED) is 0.777. The van der Waals surface area contributed by atoms with Crippen LogP contribution in [0.4, 0.5) is 0 Å². The zero-order valence-corrected chi connectivity index (χ0v) is 12.1. The molecule has 0 fully saturated rings. The molecule has 0 aromatic carbocycles. The molecule has 19 heavy (non-hydrogen) atoms. The lowest BCUT2D eigenvalue weighted by Crippen LogP contribution is -2.34. The molecule has 0 radical (unpaired) electrons. The average molecular weight is 265 g/mol. The number of aliphatic hydroxyl groups excluding tert-OH is 1. The number of nitrogens with one attached hydrogen (secondary N) is 1. The molecule has 0 aliphatic rings. The van der Waals surface area contributed by atoms with Gasteiger partial charge >= 0.3 is 0 Å². The highest BCUT2D eigenvalue weighted by molar-refractivity contribution is 5.93. The molecule has 0 aliphatic carbocycles. The van der Waals surface area contributed by atoms with E-state index in [2.05, 4.69) is 5.32 Å². The molecular formula is C15H23NO3. The van der Waals surface area contributed by atoms with Gasteiger partial charge in [-0.2, -0.15) is 0 Å². The molecule has 1 heterocycles. The summed E-state index contributed by atoms with van der Waals surface area (Å²) in [6.45, 7) is 7.68. The minimum Gasteiger partial charge on any atom is -0.467 e. The van der Waals surface area contributed by atoms with Crippen LogP contribution in [0.15, 0.2) is 34.0 Å². The Kier molecular flexibility index (Phi) is 5.83. The molecule has 0 spiro atoms. The largest absolute Gasteiger partial charge is 0.467 e. The van der Waals surface area contributed by atoms with Gasteiger partial charge in [-0.25, -0.2) is 0 Å². The second kappa shape index (κ2) is 7.14. The molecule has 1 amide bonds. The van der Waals surface area contributed by atoms with E-state index in [0.29, 0.717) is 12.2 Å². The number of aliphatic hydroxyl groups is 1. The van der Waals surface area contributed by atoms with Crippen LogP contribution in [0, 0.1) is 0 Å². The first-order valence-corrected chi connectivity index (χ1v) is 6.64. The lowest BCUT2D eigenvalue weighted by Gasteiger charge is -2.17. The molecule has 106 valence electrons. The Labute approximate surface area is 114 Å². The number of carbonyl (C=O) groups excluding carboxylic acids is 1. The van der Waals surface area contributed by atoms with Crippen molar-refractivity contribution in [3.05, 3.63) is 35.3 Å². The van der Waals surface area contributed by atoms with Crippen LogP contribution in [0.5, 0.6) is 0 Å². The highest BCUT2D eigenvalue weighted by atomic mass is 16.4. The van der Waals surface area contributed by atoms with Crippen LogP contribution in [-0.4, -0.2) is 17.1 Å². The summed E-state index contributed by atoms with van der Waals surface area (Å²) in [5.41, 5.74) is 1.83. The van der Waals surface area contributed by atoms with Gasteiger partial charge in [0.05, 0.1) is 6.26 Å². The fourth-order valence-corrected chi connectivity index (χ4v) is 1.78. The Morgan fingerprint density at radius 3 is 2.68 bits per heavy atom. The van der Waals surface area contributed by atoms with Gasteiger partial charge in [0.15, 0.2) is 0 Å². The minimum atomic E-state index is -0.693. The number of hydrogen-bond donors (Lipinski definition) is 2. The molecule has 2 unspecified atom stereocenters. The van der Waals surface area contributed by atoms with Crippen LogP contribution in [0.2, 0.25) is 0 Å². The molecule has 2 N–H and O–H groups in total. The Morgan fingerprint density at radius 2 is 2.16 bits per heavy atom. The standard InChI is InChI=1S/C15H23NO3/c1-5-10(2)12(4)15(18)16-11(3)9-13(17)14-7-6-8-19-14/h6-8,11,13,17H,5,9H2,1-4H3,(H,16,18)/b12-10-. The van der Waals surface area contributed by atoms with E-state index in [1.54, 1.807) is 12.1 Å². The number of furan rings is 1. The number of amides is 1. The number of carbonyl (C=O) groups is 1. The van der Waals surface area contributed by atoms with E-state index >= 15 is 0 Å². The normalized spacial score (nSPS) is 15.6. The van der Waals surface area contributed by atoms with Crippen molar-refractivity contribution in [2.45, 2.75) is 52.7 Å². The van der Waals surface area contributed by atoms with E-state index in [4.69, 9.17) is 4.42 Å². The van der Waals surface area contributed by atoms with Gasteiger partial charge < -0.3 is 14.8 Å². The second-order valence-electron chi connectivity index (χ2n) is 4.90. The summed E-state index contributed by atoms with van der Waals surface area (Å²) in [6.07, 6.45) is 2.13. The summed E-state index contributed by atoms with van der Waals surface area (Å²) in [5, 5.41) is 12.8. The predicted octanol–water partition coefficient (Wildman–Crippen LogP) is 2.95. The molecule has 1 aromatic rings. The van der Waals surface area contributed by atoms with E-state index in [1.807, 2.05) is 27.7 Å². The van der Waals surface area contributed by atoms with Gasteiger partial charge in [-0.1, -0.05) is 12.5 Å². The van der Waals surface area contributed by atoms with Gasteiger partial charge in [0, 0.05) is 18.0 Å². The van der Waals surface area contributed by atoms with Crippen molar-refractivity contribution in [1.29, 1.82) is 0 Å². The fraction of sp³-hybridized carbons (Fsp3) is 0.533. The molecule has 2 atom stereocenters. The van der Waals surface area contributed by atoms with Gasteiger partial charge in [0.2, 0.25) is 5.91 Å². The first-order valence-electron chi connectivity index (χ1n) is 6.64. The van der Waals surface area contributed by atoms with E-state index in [0.717, 1.165) is 17.6 Å². The van der Waals surface area contributed by atoms with Crippen molar-refractivity contribution in [3.63, 3.8) is 0 Å². The summed E-state index contributed by atoms with van der Waals surface area (Å²) in [7, 11) is 0. The maximum absolute atomic E-state index is 11.9. The average Bonchev–Trinajstić information content (AvgIpc) is 2.90. The second-order valence-corrected chi connectivity index (χ2v) is 4.90. The van der Waals surface area contributed by atoms with E-state index in [-0.39, 0.29) is 11.9 Å². The van der Waals surface area contributed by atoms with Crippen molar-refractivity contribution in [2.75, 3.05) is 0 Å². The number of rotatable bonds is 6. The van der Waals surface area contributed by atoms with Crippen molar-refractivity contribution in [1.82, 2.24) is 5.32 Å². The molecule has 0 saturated carbocycles. The molecule has 1 aromatic heterocycles. The molecule has 0 bridgehead atoms. The smallest absolute Gasteiger partial charge is 0.247 e. The van der Waals surface area contributed by atoms with Crippen LogP contribution >= 0.6 is 0 Å². The van der Waals surface area contributed by atoms with Gasteiger partial charge in [0.25, 0.3) is 0 Å². The Bertz CT molecular complexity index is 434. The zero-order valence-electron chi connectivity index (χ0n) is 12.1. The minimum absolute atomic E-state index is 0.0708. The molecule has 0 saturated heterocycles. The van der Waals surface area contributed by atoms with Crippen LogP contribution in [0.1, 0.15) is 52.4 Å². The maximum atomic E-state index is 11.9.